The third-order valence-electron chi connectivity index (χ3n) is 0.962. The summed E-state index contributed by atoms with van der Waals surface area (Å²) in [4.78, 5) is 20.1. The van der Waals surface area contributed by atoms with Crippen LogP contribution < -0.4 is 11.5 Å². The fraction of sp³-hybridized carbons (Fsp3) is 0.600. The smallest absolute Gasteiger partial charge is 0.406 e. The van der Waals surface area contributed by atoms with E-state index in [2.05, 4.69) is 20.9 Å². The second-order valence-electron chi connectivity index (χ2n) is 2.02. The molecule has 2 amide bonds. The second-order valence-corrected chi connectivity index (χ2v) is 2.02. The second kappa shape index (κ2) is 5.17. The molecular formula is C5H10N2O6. The highest BCUT2D eigenvalue weighted by molar-refractivity contribution is 5.65. The first-order chi connectivity index (χ1) is 5.93. The molecule has 0 rings (SSSR count). The predicted molar refractivity (Wildman–Crippen MR) is 38.2 cm³/mol. The maximum absolute atomic E-state index is 10.0. The Bertz CT molecular complexity index is 195. The molecule has 0 spiro atoms. The minimum atomic E-state index is -1.85. The van der Waals surface area contributed by atoms with Crippen molar-refractivity contribution in [3.8, 4) is 0 Å². The monoisotopic (exact) mass is 194 g/mol. The van der Waals surface area contributed by atoms with E-state index in [4.69, 9.17) is 10.2 Å². The molecule has 0 aromatic heterocycles. The SMILES string of the molecule is NC(=O)OCC(O)C(O)OC(N)=O. The molecule has 0 fully saturated rings. The Morgan fingerprint density at radius 3 is 2.15 bits per heavy atom. The summed E-state index contributed by atoms with van der Waals surface area (Å²) in [7, 11) is 0. The maximum atomic E-state index is 10.0. The fourth-order valence-electron chi connectivity index (χ4n) is 0.447. The fourth-order valence-corrected chi connectivity index (χ4v) is 0.447. The molecule has 8 nitrogen and oxygen atoms in total. The van der Waals surface area contributed by atoms with E-state index in [1.165, 1.54) is 0 Å². The first kappa shape index (κ1) is 11.5. The van der Waals surface area contributed by atoms with Crippen LogP contribution in [0.5, 0.6) is 0 Å². The van der Waals surface area contributed by atoms with Gasteiger partial charge in [0.05, 0.1) is 0 Å². The van der Waals surface area contributed by atoms with Crippen molar-refractivity contribution in [1.82, 2.24) is 0 Å². The van der Waals surface area contributed by atoms with E-state index in [1.54, 1.807) is 0 Å². The van der Waals surface area contributed by atoms with Gasteiger partial charge in [-0.1, -0.05) is 0 Å². The van der Waals surface area contributed by atoms with Crippen LogP contribution in [0.25, 0.3) is 0 Å². The molecule has 13 heavy (non-hydrogen) atoms. The van der Waals surface area contributed by atoms with Crippen LogP contribution in [-0.2, 0) is 9.47 Å². The van der Waals surface area contributed by atoms with Gasteiger partial charge in [0.1, 0.15) is 6.61 Å². The van der Waals surface area contributed by atoms with Gasteiger partial charge in [-0.3, -0.25) is 0 Å². The number of carbonyl (C=O) groups excluding carboxylic acids is 2. The molecule has 76 valence electrons. The summed E-state index contributed by atoms with van der Waals surface area (Å²) < 4.78 is 8.06. The number of ether oxygens (including phenoxy) is 2. The van der Waals surface area contributed by atoms with Crippen molar-refractivity contribution >= 4 is 12.2 Å². The number of hydrogen-bond acceptors (Lipinski definition) is 6. The molecule has 2 unspecified atom stereocenters. The maximum Gasteiger partial charge on any atom is 0.406 e. The van der Waals surface area contributed by atoms with Crippen molar-refractivity contribution in [1.29, 1.82) is 0 Å². The lowest BCUT2D eigenvalue weighted by Crippen LogP contribution is -2.37. The number of aliphatic hydroxyl groups excluding tert-OH is 2. The van der Waals surface area contributed by atoms with Crippen LogP contribution in [0.3, 0.4) is 0 Å². The molecule has 8 heteroatoms. The van der Waals surface area contributed by atoms with Crippen LogP contribution >= 0.6 is 0 Å². The molecule has 0 aliphatic rings. The highest BCUT2D eigenvalue weighted by Crippen LogP contribution is 1.96. The highest BCUT2D eigenvalue weighted by atomic mass is 16.7. The first-order valence-electron chi connectivity index (χ1n) is 3.18. The third kappa shape index (κ3) is 5.70. The van der Waals surface area contributed by atoms with Gasteiger partial charge >= 0.3 is 12.2 Å². The molecular weight excluding hydrogens is 184 g/mol. The normalized spacial score (nSPS) is 14.3. The Morgan fingerprint density at radius 1 is 1.23 bits per heavy atom. The minimum Gasteiger partial charge on any atom is -0.447 e. The van der Waals surface area contributed by atoms with Crippen molar-refractivity contribution in [2.75, 3.05) is 6.61 Å². The lowest BCUT2D eigenvalue weighted by Gasteiger charge is -2.15. The van der Waals surface area contributed by atoms with Gasteiger partial charge in [-0.25, -0.2) is 9.59 Å². The van der Waals surface area contributed by atoms with Crippen LogP contribution in [0.15, 0.2) is 0 Å². The van der Waals surface area contributed by atoms with Gasteiger partial charge in [-0.05, 0) is 0 Å². The van der Waals surface area contributed by atoms with Crippen molar-refractivity contribution < 1.29 is 29.3 Å². The topological polar surface area (TPSA) is 145 Å². The number of primary amides is 2. The Hall–Kier alpha value is -1.54. The molecule has 0 aromatic rings. The zero-order valence-electron chi connectivity index (χ0n) is 6.54. The van der Waals surface area contributed by atoms with E-state index < -0.39 is 31.2 Å². The molecule has 0 radical (unpaired) electrons. The number of amides is 2. The predicted octanol–water partition coefficient (Wildman–Crippen LogP) is -2.14. The van der Waals surface area contributed by atoms with Crippen LogP contribution in [-0.4, -0.2) is 41.4 Å². The Labute approximate surface area is 73.0 Å². The Morgan fingerprint density at radius 2 is 1.77 bits per heavy atom. The van der Waals surface area contributed by atoms with Crippen molar-refractivity contribution in [3.63, 3.8) is 0 Å². The molecule has 0 aromatic carbocycles. The Kier molecular flexibility index (Phi) is 4.55. The molecule has 0 saturated carbocycles. The van der Waals surface area contributed by atoms with E-state index in [0.29, 0.717) is 0 Å². The quantitative estimate of drug-likeness (QED) is 0.375. The van der Waals surface area contributed by atoms with E-state index in [-0.39, 0.29) is 0 Å². The highest BCUT2D eigenvalue weighted by Gasteiger charge is 2.20. The molecule has 0 heterocycles. The summed E-state index contributed by atoms with van der Waals surface area (Å²) in [5, 5.41) is 17.7. The number of nitrogens with two attached hydrogens (primary N) is 2. The zero-order chi connectivity index (χ0) is 10.4. The van der Waals surface area contributed by atoms with Crippen molar-refractivity contribution in [3.05, 3.63) is 0 Å². The van der Waals surface area contributed by atoms with Gasteiger partial charge in [-0.15, -0.1) is 0 Å². The Balaban J connectivity index is 3.75. The largest absolute Gasteiger partial charge is 0.447 e. The van der Waals surface area contributed by atoms with Crippen LogP contribution in [0.4, 0.5) is 9.59 Å². The van der Waals surface area contributed by atoms with Crippen LogP contribution in [0, 0.1) is 0 Å². The van der Waals surface area contributed by atoms with E-state index in [9.17, 15) is 9.59 Å². The van der Waals surface area contributed by atoms with Gasteiger partial charge in [-0.2, -0.15) is 0 Å². The number of rotatable bonds is 4. The van der Waals surface area contributed by atoms with E-state index in [1.807, 2.05) is 0 Å². The molecule has 0 aliphatic carbocycles. The third-order valence-corrected chi connectivity index (χ3v) is 0.962. The number of hydrogen-bond donors (Lipinski definition) is 4. The summed E-state index contributed by atoms with van der Waals surface area (Å²) >= 11 is 0. The summed E-state index contributed by atoms with van der Waals surface area (Å²) in [5.74, 6) is 0. The summed E-state index contributed by atoms with van der Waals surface area (Å²) in [6.07, 6.45) is -5.81. The minimum absolute atomic E-state index is 0.593. The summed E-state index contributed by atoms with van der Waals surface area (Å²) in [5.41, 5.74) is 9.08. The molecule has 2 atom stereocenters. The lowest BCUT2D eigenvalue weighted by atomic mass is 10.4. The average Bonchev–Trinajstić information content (AvgIpc) is 1.98. The van der Waals surface area contributed by atoms with Crippen molar-refractivity contribution in [2.45, 2.75) is 12.4 Å². The van der Waals surface area contributed by atoms with Crippen LogP contribution in [0.1, 0.15) is 0 Å². The van der Waals surface area contributed by atoms with Crippen molar-refractivity contribution in [2.24, 2.45) is 11.5 Å². The number of aliphatic hydroxyl groups is 2. The summed E-state index contributed by atoms with van der Waals surface area (Å²) in [6.45, 7) is -0.593. The van der Waals surface area contributed by atoms with E-state index >= 15 is 0 Å². The zero-order valence-corrected chi connectivity index (χ0v) is 6.54. The van der Waals surface area contributed by atoms with Crippen LogP contribution in [0.2, 0.25) is 0 Å². The standard InChI is InChI=1S/C5H10N2O6/c6-4(10)12-1-2(8)3(9)13-5(7)11/h2-3,8-9H,1H2,(H2,6,10)(H2,7,11). The first-order valence-corrected chi connectivity index (χ1v) is 3.18. The van der Waals surface area contributed by atoms with E-state index in [0.717, 1.165) is 0 Å². The average molecular weight is 194 g/mol. The van der Waals surface area contributed by atoms with Gasteiger partial charge in [0, 0.05) is 0 Å². The molecule has 0 bridgehead atoms. The van der Waals surface area contributed by atoms with Gasteiger partial charge in [0.2, 0.25) is 6.29 Å². The summed E-state index contributed by atoms with van der Waals surface area (Å²) in [6, 6.07) is 0. The van der Waals surface area contributed by atoms with Gasteiger partial charge in [0.15, 0.2) is 6.10 Å². The van der Waals surface area contributed by atoms with Gasteiger partial charge < -0.3 is 31.2 Å². The van der Waals surface area contributed by atoms with Gasteiger partial charge in [0.25, 0.3) is 0 Å². The lowest BCUT2D eigenvalue weighted by molar-refractivity contribution is -0.135. The molecule has 0 saturated heterocycles. The number of carbonyl (C=O) groups is 2. The molecule has 0 aliphatic heterocycles. The molecule has 6 N–H and O–H groups in total.